The molecule has 9 nitrogen and oxygen atoms in total. The van der Waals surface area contributed by atoms with E-state index in [0.717, 1.165) is 0 Å². The fraction of sp³-hybridized carbons (Fsp3) is 0.476. The van der Waals surface area contributed by atoms with Crippen LogP contribution >= 0.6 is 0 Å². The first-order chi connectivity index (χ1) is 15.2. The van der Waals surface area contributed by atoms with Crippen LogP contribution in [0.5, 0.6) is 0 Å². The molecule has 2 N–H and O–H groups in total. The van der Waals surface area contributed by atoms with Gasteiger partial charge in [-0.25, -0.2) is 23.1 Å². The molecule has 1 unspecified atom stereocenters. The second-order valence-electron chi connectivity index (χ2n) is 8.52. The number of imidazole rings is 1. The van der Waals surface area contributed by atoms with Gasteiger partial charge in [0.1, 0.15) is 11.6 Å². The van der Waals surface area contributed by atoms with Gasteiger partial charge in [0.15, 0.2) is 0 Å². The number of ether oxygens (including phenoxy) is 1. The summed E-state index contributed by atoms with van der Waals surface area (Å²) in [7, 11) is -1.16. The number of hydrogen-bond acceptors (Lipinski definition) is 8. The Balaban J connectivity index is 1.76. The third-order valence-corrected chi connectivity index (χ3v) is 8.43. The highest BCUT2D eigenvalue weighted by atomic mass is 32.2. The Hall–Kier alpha value is -2.79. The summed E-state index contributed by atoms with van der Waals surface area (Å²) < 4.78 is 41.8. The van der Waals surface area contributed by atoms with E-state index in [1.165, 1.54) is 18.4 Å². The van der Waals surface area contributed by atoms with Crippen LogP contribution in [0, 0.1) is 10.6 Å². The highest BCUT2D eigenvalue weighted by molar-refractivity contribution is 7.92. The van der Waals surface area contributed by atoms with Crippen molar-refractivity contribution in [3.63, 3.8) is 0 Å². The monoisotopic (exact) mass is 459 g/mol. The van der Waals surface area contributed by atoms with Crippen molar-refractivity contribution in [3.05, 3.63) is 35.8 Å². The molecule has 1 saturated carbocycles. The molecule has 1 aliphatic heterocycles. The topological polar surface area (TPSA) is 109 Å². The molecule has 1 aliphatic carbocycles. The van der Waals surface area contributed by atoms with Gasteiger partial charge in [-0.05, 0) is 31.9 Å². The molecule has 3 heterocycles. The van der Waals surface area contributed by atoms with Crippen LogP contribution < -0.4 is 10.2 Å². The normalized spacial score (nSPS) is 22.0. The van der Waals surface area contributed by atoms with E-state index in [4.69, 9.17) is 19.5 Å². The van der Waals surface area contributed by atoms with E-state index in [1.807, 2.05) is 6.07 Å². The fourth-order valence-corrected chi connectivity index (χ4v) is 5.73. The lowest BCUT2D eigenvalue weighted by molar-refractivity contribution is 0.0985. The van der Waals surface area contributed by atoms with Gasteiger partial charge >= 0.3 is 0 Å². The lowest BCUT2D eigenvalue weighted by atomic mass is 10.2. The van der Waals surface area contributed by atoms with Crippen molar-refractivity contribution in [1.29, 1.82) is 4.78 Å². The second-order valence-corrected chi connectivity index (χ2v) is 11.0. The SMILES string of the molecule is CNc1nc2ccc(F)cc2n1-c1nc(N2CCOC[C@H]2C)cc(C2(S(C)(=N)=O)CC2)n1. The van der Waals surface area contributed by atoms with Crippen LogP contribution in [0.1, 0.15) is 25.5 Å². The quantitative estimate of drug-likeness (QED) is 0.604. The highest BCUT2D eigenvalue weighted by Gasteiger charge is 2.53. The van der Waals surface area contributed by atoms with Crippen molar-refractivity contribution >= 4 is 32.5 Å². The van der Waals surface area contributed by atoms with Gasteiger partial charge in [0.2, 0.25) is 11.9 Å². The molecular weight excluding hydrogens is 433 g/mol. The van der Waals surface area contributed by atoms with Crippen LogP contribution in [0.15, 0.2) is 24.3 Å². The van der Waals surface area contributed by atoms with Gasteiger partial charge in [0.25, 0.3) is 0 Å². The van der Waals surface area contributed by atoms with Crippen molar-refractivity contribution in [2.45, 2.75) is 30.6 Å². The molecule has 5 rings (SSSR count). The Kier molecular flexibility index (Phi) is 4.86. The van der Waals surface area contributed by atoms with Gasteiger partial charge in [0, 0.05) is 32.0 Å². The van der Waals surface area contributed by atoms with Crippen LogP contribution in [-0.2, 0) is 19.2 Å². The van der Waals surface area contributed by atoms with Gasteiger partial charge in [-0.1, -0.05) is 0 Å². The number of nitrogens with zero attached hydrogens (tertiary/aromatic N) is 5. The lowest BCUT2D eigenvalue weighted by Gasteiger charge is -2.34. The molecule has 2 fully saturated rings. The number of halogens is 1. The first-order valence-corrected chi connectivity index (χ1v) is 12.5. The molecule has 1 aromatic carbocycles. The standard InChI is InChI=1S/C21H26FN7O2S/c1-13-12-31-9-8-28(13)18-11-17(21(6-7-21)32(3,23)30)26-20(27-18)29-16-10-14(22)4-5-15(16)25-19(29)24-2/h4-5,10-11,13,23H,6-9,12H2,1-3H3,(H,24,25)/t13-,32?/m1/s1. The van der Waals surface area contributed by atoms with E-state index in [-0.39, 0.29) is 11.9 Å². The third kappa shape index (κ3) is 3.30. The summed E-state index contributed by atoms with van der Waals surface area (Å²) in [5.74, 6) is 1.07. The van der Waals surface area contributed by atoms with E-state index in [0.29, 0.717) is 67.0 Å². The highest BCUT2D eigenvalue weighted by Crippen LogP contribution is 2.52. The Morgan fingerprint density at radius 3 is 2.72 bits per heavy atom. The number of fused-ring (bicyclic) bond motifs is 1. The Morgan fingerprint density at radius 2 is 2.06 bits per heavy atom. The summed E-state index contributed by atoms with van der Waals surface area (Å²) in [6.07, 6.45) is 2.75. The Morgan fingerprint density at radius 1 is 1.28 bits per heavy atom. The summed E-state index contributed by atoms with van der Waals surface area (Å²) >= 11 is 0. The predicted octanol–water partition coefficient (Wildman–Crippen LogP) is 2.89. The zero-order chi connectivity index (χ0) is 22.7. The maximum atomic E-state index is 14.1. The fourth-order valence-electron chi connectivity index (χ4n) is 4.35. The number of anilines is 2. The first-order valence-electron chi connectivity index (χ1n) is 10.6. The molecule has 32 heavy (non-hydrogen) atoms. The molecular formula is C21H26FN7O2S. The van der Waals surface area contributed by atoms with Crippen molar-refractivity contribution in [1.82, 2.24) is 19.5 Å². The van der Waals surface area contributed by atoms with E-state index < -0.39 is 14.5 Å². The number of morpholine rings is 1. The molecule has 3 aromatic rings. The summed E-state index contributed by atoms with van der Waals surface area (Å²) in [5.41, 5.74) is 1.71. The minimum absolute atomic E-state index is 0.0947. The minimum Gasteiger partial charge on any atom is -0.377 e. The Labute approximate surface area is 186 Å². The number of benzene rings is 1. The predicted molar refractivity (Wildman–Crippen MR) is 121 cm³/mol. The number of nitrogens with one attached hydrogen (secondary N) is 2. The van der Waals surface area contributed by atoms with Crippen molar-refractivity contribution in [3.8, 4) is 5.95 Å². The molecule has 1 saturated heterocycles. The largest absolute Gasteiger partial charge is 0.377 e. The van der Waals surface area contributed by atoms with Crippen molar-refractivity contribution in [2.75, 3.05) is 43.3 Å². The van der Waals surface area contributed by atoms with Crippen LogP contribution in [-0.4, -0.2) is 62.8 Å². The van der Waals surface area contributed by atoms with Crippen LogP contribution in [0.2, 0.25) is 0 Å². The zero-order valence-corrected chi connectivity index (χ0v) is 19.1. The van der Waals surface area contributed by atoms with E-state index in [9.17, 15) is 8.60 Å². The average Bonchev–Trinajstić information content (AvgIpc) is 3.50. The third-order valence-electron chi connectivity index (χ3n) is 6.32. The van der Waals surface area contributed by atoms with Crippen molar-refractivity contribution in [2.24, 2.45) is 0 Å². The maximum Gasteiger partial charge on any atom is 0.239 e. The van der Waals surface area contributed by atoms with Gasteiger partial charge in [0.05, 0.1) is 50.5 Å². The molecule has 0 amide bonds. The van der Waals surface area contributed by atoms with Crippen LogP contribution in [0.4, 0.5) is 16.2 Å². The number of rotatable bonds is 5. The first kappa shape index (κ1) is 21.1. The molecule has 2 aliphatic rings. The molecule has 2 aromatic heterocycles. The van der Waals surface area contributed by atoms with Gasteiger partial charge in [-0.3, -0.25) is 4.78 Å². The molecule has 11 heteroatoms. The summed E-state index contributed by atoms with van der Waals surface area (Å²) in [6, 6.07) is 6.33. The minimum atomic E-state index is -2.89. The maximum absolute atomic E-state index is 14.1. The molecule has 2 atom stereocenters. The molecule has 0 bridgehead atoms. The van der Waals surface area contributed by atoms with Gasteiger partial charge in [-0.2, -0.15) is 4.98 Å². The lowest BCUT2D eigenvalue weighted by Crippen LogP contribution is -2.44. The zero-order valence-electron chi connectivity index (χ0n) is 18.3. The van der Waals surface area contributed by atoms with Crippen molar-refractivity contribution < 1.29 is 13.3 Å². The Bertz CT molecular complexity index is 1300. The average molecular weight is 460 g/mol. The molecule has 0 spiro atoms. The van der Waals surface area contributed by atoms with E-state index in [2.05, 4.69) is 22.1 Å². The van der Waals surface area contributed by atoms with Crippen LogP contribution in [0.3, 0.4) is 0 Å². The van der Waals surface area contributed by atoms with Gasteiger partial charge < -0.3 is 15.0 Å². The summed E-state index contributed by atoms with van der Waals surface area (Å²) in [5, 5.41) is 3.04. The summed E-state index contributed by atoms with van der Waals surface area (Å²) in [4.78, 5) is 16.3. The van der Waals surface area contributed by atoms with Gasteiger partial charge in [-0.15, -0.1) is 0 Å². The smallest absolute Gasteiger partial charge is 0.239 e. The van der Waals surface area contributed by atoms with E-state index in [1.54, 1.807) is 17.7 Å². The second kappa shape index (κ2) is 7.38. The number of aromatic nitrogens is 4. The van der Waals surface area contributed by atoms with E-state index >= 15 is 0 Å². The van der Waals surface area contributed by atoms with Crippen LogP contribution in [0.25, 0.3) is 17.0 Å². The molecule has 0 radical (unpaired) electrons. The molecule has 170 valence electrons. The summed E-state index contributed by atoms with van der Waals surface area (Å²) in [6.45, 7) is 3.87. The number of hydrogen-bond donors (Lipinski definition) is 2.